The lowest BCUT2D eigenvalue weighted by Crippen LogP contribution is -2.01. The van der Waals surface area contributed by atoms with Crippen molar-refractivity contribution >= 4 is 23.1 Å². The Bertz CT molecular complexity index is 922. The molecule has 1 fully saturated rings. The third-order valence-electron chi connectivity index (χ3n) is 3.88. The highest BCUT2D eigenvalue weighted by Crippen LogP contribution is 2.40. The van der Waals surface area contributed by atoms with Gasteiger partial charge in [-0.2, -0.15) is 5.26 Å². The van der Waals surface area contributed by atoms with E-state index in [-0.39, 0.29) is 0 Å². The summed E-state index contributed by atoms with van der Waals surface area (Å²) in [5.41, 5.74) is 3.36. The van der Waals surface area contributed by atoms with E-state index in [0.717, 1.165) is 5.69 Å². The molecule has 7 heteroatoms. The average molecular weight is 325 g/mol. The van der Waals surface area contributed by atoms with Crippen LogP contribution in [0.5, 0.6) is 0 Å². The third-order valence-corrected chi connectivity index (χ3v) is 4.08. The molecule has 0 spiro atoms. The molecule has 0 aliphatic heterocycles. The van der Waals surface area contributed by atoms with Gasteiger partial charge in [0.1, 0.15) is 23.4 Å². The van der Waals surface area contributed by atoms with Gasteiger partial charge in [-0.15, -0.1) is 0 Å². The van der Waals surface area contributed by atoms with E-state index in [1.165, 1.54) is 24.7 Å². The van der Waals surface area contributed by atoms with Crippen LogP contribution in [0, 0.1) is 11.3 Å². The molecule has 23 heavy (non-hydrogen) atoms. The zero-order valence-electron chi connectivity index (χ0n) is 12.2. The molecular weight excluding hydrogens is 312 g/mol. The van der Waals surface area contributed by atoms with Crippen LogP contribution in [0.15, 0.2) is 30.9 Å². The predicted octanol–water partition coefficient (Wildman–Crippen LogP) is 3.14. The van der Waals surface area contributed by atoms with Crippen LogP contribution >= 0.6 is 11.6 Å². The summed E-state index contributed by atoms with van der Waals surface area (Å²) in [6, 6.07) is 5.86. The molecule has 1 saturated carbocycles. The molecule has 1 aliphatic carbocycles. The Morgan fingerprint density at radius 2 is 2.17 bits per heavy atom. The first-order chi connectivity index (χ1) is 11.2. The number of fused-ring (bicyclic) bond motifs is 1. The zero-order chi connectivity index (χ0) is 15.8. The lowest BCUT2D eigenvalue weighted by atomic mass is 10.1. The molecule has 0 radical (unpaired) electrons. The van der Waals surface area contributed by atoms with E-state index in [2.05, 4.69) is 32.5 Å². The minimum Gasteiger partial charge on any atom is -0.364 e. The van der Waals surface area contributed by atoms with Crippen molar-refractivity contribution in [2.75, 3.05) is 5.32 Å². The number of nitrogens with one attached hydrogen (secondary N) is 1. The van der Waals surface area contributed by atoms with Crippen LogP contribution in [0.3, 0.4) is 0 Å². The molecule has 0 saturated heterocycles. The molecule has 3 aromatic rings. The standard InChI is InChI=1S/C16H13ClN6/c17-14-4-15(21-9-20-14)19-6-13-8-23-7-12(10-1-2-10)3-11(5-18)16(23)22-13/h3-4,7-10H,1-2,6H2,(H,19,20,21). The molecule has 0 amide bonds. The highest BCUT2D eigenvalue weighted by molar-refractivity contribution is 6.29. The smallest absolute Gasteiger partial charge is 0.155 e. The maximum Gasteiger partial charge on any atom is 0.155 e. The molecule has 0 aromatic carbocycles. The van der Waals surface area contributed by atoms with E-state index in [0.29, 0.717) is 34.6 Å². The van der Waals surface area contributed by atoms with E-state index in [1.807, 2.05) is 16.7 Å². The van der Waals surface area contributed by atoms with Gasteiger partial charge in [0, 0.05) is 18.5 Å². The average Bonchev–Trinajstić information content (AvgIpc) is 3.32. The van der Waals surface area contributed by atoms with E-state index in [9.17, 15) is 5.26 Å². The lowest BCUT2D eigenvalue weighted by molar-refractivity contribution is 1.04. The number of pyridine rings is 1. The van der Waals surface area contributed by atoms with Gasteiger partial charge in [-0.25, -0.2) is 15.0 Å². The molecule has 0 atom stereocenters. The van der Waals surface area contributed by atoms with Crippen molar-refractivity contribution in [2.24, 2.45) is 0 Å². The first-order valence-electron chi connectivity index (χ1n) is 7.36. The number of aromatic nitrogens is 4. The summed E-state index contributed by atoms with van der Waals surface area (Å²) in [4.78, 5) is 12.5. The van der Waals surface area contributed by atoms with Gasteiger partial charge in [-0.3, -0.25) is 0 Å². The second-order valence-corrected chi connectivity index (χ2v) is 6.00. The Balaban J connectivity index is 1.62. The first kappa shape index (κ1) is 14.0. The van der Waals surface area contributed by atoms with Crippen molar-refractivity contribution in [3.8, 4) is 6.07 Å². The van der Waals surface area contributed by atoms with Crippen molar-refractivity contribution in [1.82, 2.24) is 19.4 Å². The molecule has 0 unspecified atom stereocenters. The van der Waals surface area contributed by atoms with Crippen LogP contribution in [0.25, 0.3) is 5.65 Å². The van der Waals surface area contributed by atoms with Gasteiger partial charge in [0.2, 0.25) is 0 Å². The number of nitriles is 1. The van der Waals surface area contributed by atoms with Gasteiger partial charge in [0.05, 0.1) is 17.8 Å². The van der Waals surface area contributed by atoms with Crippen molar-refractivity contribution in [1.29, 1.82) is 5.26 Å². The SMILES string of the molecule is N#Cc1cc(C2CC2)cn2cc(CNc3cc(Cl)ncn3)nc12. The molecular formula is C16H13ClN6. The number of anilines is 1. The molecule has 6 nitrogen and oxygen atoms in total. The Morgan fingerprint density at radius 1 is 1.30 bits per heavy atom. The van der Waals surface area contributed by atoms with Crippen LogP contribution in [0.2, 0.25) is 5.15 Å². The molecule has 1 aliphatic rings. The summed E-state index contributed by atoms with van der Waals surface area (Å²) in [7, 11) is 0. The monoisotopic (exact) mass is 324 g/mol. The molecule has 0 bridgehead atoms. The second kappa shape index (κ2) is 5.52. The number of hydrogen-bond acceptors (Lipinski definition) is 5. The quantitative estimate of drug-likeness (QED) is 0.746. The molecule has 4 rings (SSSR count). The summed E-state index contributed by atoms with van der Waals surface area (Å²) in [6.45, 7) is 0.499. The largest absolute Gasteiger partial charge is 0.364 e. The predicted molar refractivity (Wildman–Crippen MR) is 86.3 cm³/mol. The number of imidazole rings is 1. The van der Waals surface area contributed by atoms with E-state index < -0.39 is 0 Å². The maximum absolute atomic E-state index is 9.36. The van der Waals surface area contributed by atoms with Crippen LogP contribution < -0.4 is 5.32 Å². The molecule has 114 valence electrons. The van der Waals surface area contributed by atoms with Crippen molar-refractivity contribution in [3.63, 3.8) is 0 Å². The number of halogens is 1. The van der Waals surface area contributed by atoms with Crippen LogP contribution in [0.1, 0.15) is 35.6 Å². The Morgan fingerprint density at radius 3 is 2.91 bits per heavy atom. The van der Waals surface area contributed by atoms with Crippen molar-refractivity contribution in [2.45, 2.75) is 25.3 Å². The summed E-state index contributed by atoms with van der Waals surface area (Å²) >= 11 is 5.84. The van der Waals surface area contributed by atoms with E-state index in [4.69, 9.17) is 11.6 Å². The normalized spacial score (nSPS) is 13.9. The number of rotatable bonds is 4. The summed E-state index contributed by atoms with van der Waals surface area (Å²) in [6.07, 6.45) is 7.83. The second-order valence-electron chi connectivity index (χ2n) is 5.62. The van der Waals surface area contributed by atoms with Gasteiger partial charge in [0.25, 0.3) is 0 Å². The van der Waals surface area contributed by atoms with Crippen LogP contribution in [-0.4, -0.2) is 19.4 Å². The van der Waals surface area contributed by atoms with Gasteiger partial charge in [-0.05, 0) is 30.4 Å². The fourth-order valence-corrected chi connectivity index (χ4v) is 2.74. The fraction of sp³-hybridized carbons (Fsp3) is 0.250. The van der Waals surface area contributed by atoms with Crippen molar-refractivity contribution in [3.05, 3.63) is 52.8 Å². The van der Waals surface area contributed by atoms with Gasteiger partial charge < -0.3 is 9.72 Å². The summed E-state index contributed by atoms with van der Waals surface area (Å²) in [5, 5.41) is 12.9. The van der Waals surface area contributed by atoms with Crippen LogP contribution in [-0.2, 0) is 6.54 Å². The zero-order valence-corrected chi connectivity index (χ0v) is 13.0. The maximum atomic E-state index is 9.36. The lowest BCUT2D eigenvalue weighted by Gasteiger charge is -2.02. The first-order valence-corrected chi connectivity index (χ1v) is 7.74. The highest BCUT2D eigenvalue weighted by atomic mass is 35.5. The minimum absolute atomic E-state index is 0.387. The summed E-state index contributed by atoms with van der Waals surface area (Å²) < 4.78 is 1.94. The Kier molecular flexibility index (Phi) is 3.36. The topological polar surface area (TPSA) is 78.9 Å². The number of nitrogens with zero attached hydrogens (tertiary/aromatic N) is 5. The van der Waals surface area contributed by atoms with Gasteiger partial charge in [0.15, 0.2) is 5.65 Å². The number of hydrogen-bond donors (Lipinski definition) is 1. The van der Waals surface area contributed by atoms with Crippen LogP contribution in [0.4, 0.5) is 5.82 Å². The third kappa shape index (κ3) is 2.83. The van der Waals surface area contributed by atoms with E-state index in [1.54, 1.807) is 6.07 Å². The molecule has 3 aromatic heterocycles. The summed E-state index contributed by atoms with van der Waals surface area (Å²) in [5.74, 6) is 1.24. The Hall–Kier alpha value is -2.65. The van der Waals surface area contributed by atoms with Gasteiger partial charge >= 0.3 is 0 Å². The Labute approximate surface area is 137 Å². The van der Waals surface area contributed by atoms with Gasteiger partial charge in [-0.1, -0.05) is 11.6 Å². The highest BCUT2D eigenvalue weighted by Gasteiger charge is 2.25. The van der Waals surface area contributed by atoms with E-state index >= 15 is 0 Å². The molecule has 3 heterocycles. The minimum atomic E-state index is 0.387. The fourth-order valence-electron chi connectivity index (χ4n) is 2.59. The molecule has 1 N–H and O–H groups in total. The van der Waals surface area contributed by atoms with Crippen molar-refractivity contribution < 1.29 is 0 Å².